The number of ether oxygens (including phenoxy) is 2. The van der Waals surface area contributed by atoms with Crippen LogP contribution in [0, 0.1) is 0 Å². The number of methoxy groups -OCH3 is 1. The van der Waals surface area contributed by atoms with Gasteiger partial charge in [-0.2, -0.15) is 0 Å². The maximum Gasteiger partial charge on any atom is 0.223 e. The highest BCUT2D eigenvalue weighted by Crippen LogP contribution is 2.26. The second kappa shape index (κ2) is 8.67. The van der Waals surface area contributed by atoms with Crippen LogP contribution in [0.15, 0.2) is 36.5 Å². The minimum atomic E-state index is 0.401. The van der Waals surface area contributed by atoms with Gasteiger partial charge in [-0.15, -0.1) is 0 Å². The van der Waals surface area contributed by atoms with E-state index in [4.69, 9.17) is 14.5 Å². The molecule has 0 atom stereocenters. The van der Waals surface area contributed by atoms with Gasteiger partial charge in [0, 0.05) is 43.7 Å². The Morgan fingerprint density at radius 2 is 1.93 bits per heavy atom. The molecule has 2 heterocycles. The number of nitrogens with zero attached hydrogens (tertiary/aromatic N) is 3. The summed E-state index contributed by atoms with van der Waals surface area (Å²) < 4.78 is 10.9. The summed E-state index contributed by atoms with van der Waals surface area (Å²) in [6.07, 6.45) is 6.62. The zero-order chi connectivity index (χ0) is 18.5. The molecule has 1 aliphatic heterocycles. The summed E-state index contributed by atoms with van der Waals surface area (Å²) in [7, 11) is 1.80. The number of aromatic nitrogens is 2. The molecule has 0 radical (unpaired) electrons. The Labute approximate surface area is 160 Å². The fourth-order valence-corrected chi connectivity index (χ4v) is 3.90. The summed E-state index contributed by atoms with van der Waals surface area (Å²) in [5, 5.41) is 3.51. The topological polar surface area (TPSA) is 59.5 Å². The number of hydrogen-bond acceptors (Lipinski definition) is 6. The fraction of sp³-hybridized carbons (Fsp3) is 0.524. The number of hydrogen-bond donors (Lipinski definition) is 1. The maximum absolute atomic E-state index is 5.46. The first-order valence-corrected chi connectivity index (χ1v) is 9.87. The summed E-state index contributed by atoms with van der Waals surface area (Å²) in [6.45, 7) is 3.45. The Kier molecular flexibility index (Phi) is 5.84. The van der Waals surface area contributed by atoms with E-state index in [1.54, 1.807) is 7.11 Å². The molecule has 1 saturated heterocycles. The summed E-state index contributed by atoms with van der Waals surface area (Å²) in [5.41, 5.74) is 3.29. The second-order valence-corrected chi connectivity index (χ2v) is 7.27. The first-order chi connectivity index (χ1) is 13.3. The van der Waals surface area contributed by atoms with E-state index in [0.29, 0.717) is 18.1 Å². The third kappa shape index (κ3) is 4.57. The molecule has 144 valence electrons. The average molecular weight is 368 g/mol. The van der Waals surface area contributed by atoms with Crippen molar-refractivity contribution in [3.8, 4) is 11.3 Å². The van der Waals surface area contributed by atoms with Crippen LogP contribution in [0.4, 0.5) is 11.6 Å². The molecule has 2 aliphatic rings. The van der Waals surface area contributed by atoms with E-state index >= 15 is 0 Å². The minimum absolute atomic E-state index is 0.401. The first kappa shape index (κ1) is 18.2. The monoisotopic (exact) mass is 368 g/mol. The smallest absolute Gasteiger partial charge is 0.223 e. The molecular weight excluding hydrogens is 340 g/mol. The molecule has 0 spiro atoms. The maximum atomic E-state index is 5.46. The molecule has 6 heteroatoms. The van der Waals surface area contributed by atoms with Gasteiger partial charge in [-0.1, -0.05) is 12.1 Å². The van der Waals surface area contributed by atoms with Crippen LogP contribution in [0.25, 0.3) is 11.3 Å². The fourth-order valence-electron chi connectivity index (χ4n) is 3.90. The molecule has 4 rings (SSSR count). The molecular formula is C21H28N4O2. The number of nitrogens with one attached hydrogen (secondary N) is 1. The Bertz CT molecular complexity index is 740. The molecule has 1 N–H and O–H groups in total. The molecule has 6 nitrogen and oxygen atoms in total. The van der Waals surface area contributed by atoms with Crippen LogP contribution in [-0.4, -0.2) is 55.5 Å². The lowest BCUT2D eigenvalue weighted by Gasteiger charge is -2.29. The lowest BCUT2D eigenvalue weighted by Crippen LogP contribution is -2.36. The van der Waals surface area contributed by atoms with E-state index in [1.165, 1.54) is 5.69 Å². The van der Waals surface area contributed by atoms with Gasteiger partial charge >= 0.3 is 0 Å². The molecule has 0 amide bonds. The van der Waals surface area contributed by atoms with Crippen molar-refractivity contribution >= 4 is 11.6 Å². The van der Waals surface area contributed by atoms with Crippen molar-refractivity contribution in [2.45, 2.75) is 37.8 Å². The number of benzene rings is 1. The highest BCUT2D eigenvalue weighted by molar-refractivity contribution is 5.66. The van der Waals surface area contributed by atoms with Crippen LogP contribution in [0.5, 0.6) is 0 Å². The average Bonchev–Trinajstić information content (AvgIpc) is 2.75. The third-order valence-electron chi connectivity index (χ3n) is 5.51. The van der Waals surface area contributed by atoms with Gasteiger partial charge in [0.05, 0.1) is 25.0 Å². The molecule has 27 heavy (non-hydrogen) atoms. The SMILES string of the molecule is COC1CCC(Nc2nccc(-c3cccc(N4CCOCC4)c3)n2)CC1. The number of morpholine rings is 1. The Morgan fingerprint density at radius 3 is 2.70 bits per heavy atom. The summed E-state index contributed by atoms with van der Waals surface area (Å²) >= 11 is 0. The molecule has 1 aromatic heterocycles. The Balaban J connectivity index is 1.46. The zero-order valence-corrected chi connectivity index (χ0v) is 15.9. The second-order valence-electron chi connectivity index (χ2n) is 7.27. The van der Waals surface area contributed by atoms with Crippen molar-refractivity contribution in [1.29, 1.82) is 0 Å². The van der Waals surface area contributed by atoms with Crippen LogP contribution >= 0.6 is 0 Å². The molecule has 2 fully saturated rings. The Morgan fingerprint density at radius 1 is 1.11 bits per heavy atom. The predicted molar refractivity (Wildman–Crippen MR) is 107 cm³/mol. The van der Waals surface area contributed by atoms with Crippen molar-refractivity contribution in [2.75, 3.05) is 43.6 Å². The largest absolute Gasteiger partial charge is 0.381 e. The van der Waals surface area contributed by atoms with Crippen LogP contribution in [0.3, 0.4) is 0 Å². The van der Waals surface area contributed by atoms with Crippen molar-refractivity contribution in [2.24, 2.45) is 0 Å². The van der Waals surface area contributed by atoms with Crippen LogP contribution in [0.1, 0.15) is 25.7 Å². The zero-order valence-electron chi connectivity index (χ0n) is 15.9. The van der Waals surface area contributed by atoms with Crippen molar-refractivity contribution in [3.05, 3.63) is 36.5 Å². The number of anilines is 2. The molecule has 0 bridgehead atoms. The molecule has 2 aromatic rings. The van der Waals surface area contributed by atoms with Gasteiger partial charge in [0.1, 0.15) is 0 Å². The van der Waals surface area contributed by atoms with E-state index in [0.717, 1.165) is 63.2 Å². The van der Waals surface area contributed by atoms with Crippen LogP contribution in [-0.2, 0) is 9.47 Å². The highest BCUT2D eigenvalue weighted by Gasteiger charge is 2.21. The standard InChI is InChI=1S/C21H28N4O2/c1-26-19-7-5-17(6-8-19)23-21-22-10-9-20(24-21)16-3-2-4-18(15-16)25-11-13-27-14-12-25/h2-4,9-10,15,17,19H,5-8,11-14H2,1H3,(H,22,23,24). The van der Waals surface area contributed by atoms with Gasteiger partial charge < -0.3 is 19.7 Å². The molecule has 1 aliphatic carbocycles. The summed E-state index contributed by atoms with van der Waals surface area (Å²) in [6, 6.07) is 11.0. The van der Waals surface area contributed by atoms with Crippen LogP contribution in [0.2, 0.25) is 0 Å². The lowest BCUT2D eigenvalue weighted by molar-refractivity contribution is 0.0681. The van der Waals surface area contributed by atoms with Gasteiger partial charge in [-0.25, -0.2) is 9.97 Å². The molecule has 0 unspecified atom stereocenters. The van der Waals surface area contributed by atoms with E-state index < -0.39 is 0 Å². The van der Waals surface area contributed by atoms with Gasteiger partial charge in [-0.3, -0.25) is 0 Å². The summed E-state index contributed by atoms with van der Waals surface area (Å²) in [4.78, 5) is 11.6. The van der Waals surface area contributed by atoms with Gasteiger partial charge in [0.25, 0.3) is 0 Å². The molecule has 1 saturated carbocycles. The normalized spacial score (nSPS) is 23.2. The van der Waals surface area contributed by atoms with E-state index in [1.807, 2.05) is 12.3 Å². The number of rotatable bonds is 5. The van der Waals surface area contributed by atoms with E-state index in [9.17, 15) is 0 Å². The summed E-state index contributed by atoms with van der Waals surface area (Å²) in [5.74, 6) is 0.713. The first-order valence-electron chi connectivity index (χ1n) is 9.87. The quantitative estimate of drug-likeness (QED) is 0.873. The van der Waals surface area contributed by atoms with Crippen molar-refractivity contribution < 1.29 is 9.47 Å². The van der Waals surface area contributed by atoms with Crippen molar-refractivity contribution in [1.82, 2.24) is 9.97 Å². The van der Waals surface area contributed by atoms with Crippen LogP contribution < -0.4 is 10.2 Å². The highest BCUT2D eigenvalue weighted by atomic mass is 16.5. The Hall–Kier alpha value is -2.18. The van der Waals surface area contributed by atoms with Crippen molar-refractivity contribution in [3.63, 3.8) is 0 Å². The predicted octanol–water partition coefficient (Wildman–Crippen LogP) is 3.35. The van der Waals surface area contributed by atoms with Gasteiger partial charge in [-0.05, 0) is 43.9 Å². The van der Waals surface area contributed by atoms with Gasteiger partial charge in [0.15, 0.2) is 0 Å². The third-order valence-corrected chi connectivity index (χ3v) is 5.51. The lowest BCUT2D eigenvalue weighted by atomic mass is 9.93. The minimum Gasteiger partial charge on any atom is -0.381 e. The molecule has 1 aromatic carbocycles. The van der Waals surface area contributed by atoms with Gasteiger partial charge in [0.2, 0.25) is 5.95 Å². The van der Waals surface area contributed by atoms with E-state index in [2.05, 4.69) is 39.5 Å². The van der Waals surface area contributed by atoms with E-state index in [-0.39, 0.29) is 0 Å².